The smallest absolute Gasteiger partial charge is 0.186 e. The summed E-state index contributed by atoms with van der Waals surface area (Å²) in [5, 5.41) is 14.6. The third-order valence-corrected chi connectivity index (χ3v) is 7.79. The lowest BCUT2D eigenvalue weighted by Gasteiger charge is -2.18. The monoisotopic (exact) mass is 811 g/mol. The predicted octanol–water partition coefficient (Wildman–Crippen LogP) is 2.85. The Kier molecular flexibility index (Phi) is 20.1. The topological polar surface area (TPSA) is 339 Å². The van der Waals surface area contributed by atoms with E-state index in [-0.39, 0.29) is 36.2 Å². The average molecular weight is 812 g/mol. The van der Waals surface area contributed by atoms with Gasteiger partial charge in [0.1, 0.15) is 37.1 Å². The van der Waals surface area contributed by atoms with E-state index in [0.717, 1.165) is 40.2 Å². The molecule has 0 spiro atoms. The molecule has 0 radical (unpaired) electrons. The molecule has 0 aliphatic rings. The maximum absolute atomic E-state index is 7.40. The van der Waals surface area contributed by atoms with Gasteiger partial charge in [-0.05, 0) is 60.4 Å². The summed E-state index contributed by atoms with van der Waals surface area (Å²) >= 11 is 0. The molecule has 4 aromatic carbocycles. The lowest BCUT2D eigenvalue weighted by Crippen LogP contribution is -2.23. The average Bonchev–Trinajstić information content (AvgIpc) is 3.20. The molecule has 316 valence electrons. The molecule has 0 amide bonds. The summed E-state index contributed by atoms with van der Waals surface area (Å²) in [5.41, 5.74) is 46.5. The van der Waals surface area contributed by atoms with E-state index >= 15 is 0 Å². The molecular weight excluding hydrogens is 755 g/mol. The van der Waals surface area contributed by atoms with Gasteiger partial charge in [-0.2, -0.15) is 0 Å². The maximum atomic E-state index is 7.40. The molecule has 0 aliphatic carbocycles. The van der Waals surface area contributed by atoms with Crippen LogP contribution < -0.4 is 69.6 Å². The van der Waals surface area contributed by atoms with Crippen molar-refractivity contribution in [1.29, 1.82) is 10.8 Å². The molecular formula is C41H57N13O5. The lowest BCUT2D eigenvalue weighted by molar-refractivity contribution is 0.272. The van der Waals surface area contributed by atoms with E-state index in [1.54, 1.807) is 0 Å². The molecule has 59 heavy (non-hydrogen) atoms. The second kappa shape index (κ2) is 25.7. The van der Waals surface area contributed by atoms with Crippen molar-refractivity contribution in [1.82, 2.24) is 0 Å². The third kappa shape index (κ3) is 18.4. The van der Waals surface area contributed by atoms with Gasteiger partial charge in [-0.25, -0.2) is 0 Å². The van der Waals surface area contributed by atoms with Gasteiger partial charge in [0.05, 0.1) is 44.5 Å². The molecule has 0 bridgehead atoms. The van der Waals surface area contributed by atoms with Crippen LogP contribution in [0.25, 0.3) is 22.3 Å². The Bertz CT molecular complexity index is 2010. The highest BCUT2D eigenvalue weighted by atomic mass is 16.5. The van der Waals surface area contributed by atoms with Crippen molar-refractivity contribution >= 4 is 29.5 Å². The zero-order valence-electron chi connectivity index (χ0n) is 33.1. The molecule has 18 N–H and O–H groups in total. The van der Waals surface area contributed by atoms with E-state index in [2.05, 4.69) is 15.0 Å². The number of nitrogens with two attached hydrogens (primary N) is 8. The summed E-state index contributed by atoms with van der Waals surface area (Å²) in [6.07, 6.45) is 2.29. The molecule has 0 fully saturated rings. The van der Waals surface area contributed by atoms with Crippen LogP contribution in [0.5, 0.6) is 28.7 Å². The maximum Gasteiger partial charge on any atom is 0.186 e. The van der Waals surface area contributed by atoms with E-state index in [4.69, 9.17) is 80.4 Å². The summed E-state index contributed by atoms with van der Waals surface area (Å²) in [6, 6.07) is 28.8. The fraction of sp³-hybridized carbons (Fsp3) is 0.293. The van der Waals surface area contributed by atoms with Gasteiger partial charge in [0, 0.05) is 24.0 Å². The Labute approximate surface area is 344 Å². The molecule has 0 aliphatic heterocycles. The number of hydrogen-bond acceptors (Lipinski definition) is 10. The minimum atomic E-state index is -0.000130. The lowest BCUT2D eigenvalue weighted by atomic mass is 10.0. The zero-order valence-corrected chi connectivity index (χ0v) is 33.1. The molecule has 18 nitrogen and oxygen atoms in total. The van der Waals surface area contributed by atoms with Crippen LogP contribution in [0.2, 0.25) is 0 Å². The van der Waals surface area contributed by atoms with Crippen LogP contribution in [-0.4, -0.2) is 82.2 Å². The summed E-state index contributed by atoms with van der Waals surface area (Å²) in [7, 11) is 0. The highest BCUT2D eigenvalue weighted by molar-refractivity contribution is 5.79. The van der Waals surface area contributed by atoms with Crippen LogP contribution in [0, 0.1) is 10.8 Å². The summed E-state index contributed by atoms with van der Waals surface area (Å²) in [6.45, 7) is 2.90. The minimum Gasteiger partial charge on any atom is -0.494 e. The van der Waals surface area contributed by atoms with Gasteiger partial charge in [0.25, 0.3) is 0 Å². The molecule has 18 heteroatoms. The number of aliphatic imine (C=N–C) groups is 3. The molecule has 0 unspecified atom stereocenters. The largest absolute Gasteiger partial charge is 0.494 e. The van der Waals surface area contributed by atoms with Gasteiger partial charge in [-0.3, -0.25) is 25.8 Å². The van der Waals surface area contributed by atoms with Crippen LogP contribution in [0.1, 0.15) is 25.7 Å². The molecule has 0 aromatic heterocycles. The van der Waals surface area contributed by atoms with Crippen molar-refractivity contribution in [2.45, 2.75) is 25.7 Å². The highest BCUT2D eigenvalue weighted by Gasteiger charge is 2.17. The van der Waals surface area contributed by atoms with Crippen molar-refractivity contribution in [3.63, 3.8) is 0 Å². The normalized spacial score (nSPS) is 10.2. The van der Waals surface area contributed by atoms with Crippen molar-refractivity contribution in [3.05, 3.63) is 91.0 Å². The van der Waals surface area contributed by atoms with Gasteiger partial charge in [0.2, 0.25) is 0 Å². The first-order valence-corrected chi connectivity index (χ1v) is 18.8. The molecule has 0 saturated heterocycles. The number of ether oxygens (including phenoxy) is 5. The summed E-state index contributed by atoms with van der Waals surface area (Å²) in [4.78, 5) is 11.8. The summed E-state index contributed by atoms with van der Waals surface area (Å²) in [5.74, 6) is 3.63. The fourth-order valence-electron chi connectivity index (χ4n) is 5.22. The van der Waals surface area contributed by atoms with E-state index in [9.17, 15) is 0 Å². The van der Waals surface area contributed by atoms with Crippen molar-refractivity contribution in [3.8, 4) is 51.0 Å². The zero-order chi connectivity index (χ0) is 42.8. The van der Waals surface area contributed by atoms with Crippen LogP contribution in [0.3, 0.4) is 0 Å². The number of rotatable bonds is 24. The first-order chi connectivity index (χ1) is 28.4. The number of hydrogen-bond donors (Lipinski definition) is 10. The van der Waals surface area contributed by atoms with Crippen molar-refractivity contribution in [2.24, 2.45) is 60.8 Å². The van der Waals surface area contributed by atoms with E-state index in [0.29, 0.717) is 82.6 Å². The van der Waals surface area contributed by atoms with E-state index in [1.807, 2.05) is 91.0 Å². The van der Waals surface area contributed by atoms with Gasteiger partial charge >= 0.3 is 0 Å². The second-order valence-corrected chi connectivity index (χ2v) is 12.6. The SMILES string of the molecule is N=C(N)CCCOc1c(OCCN=C(N)N)cccc1-c1ccccc1OCCN=C(N)N.N=C(N)CCCOc1cccc(-c2cccc(OCCN=C(N)N)c2)c1. The third-order valence-electron chi connectivity index (χ3n) is 7.79. The Morgan fingerprint density at radius 3 is 1.39 bits per heavy atom. The van der Waals surface area contributed by atoms with Crippen LogP contribution >= 0.6 is 0 Å². The van der Waals surface area contributed by atoms with Crippen molar-refractivity contribution in [2.75, 3.05) is 52.7 Å². The number of para-hydroxylation sites is 2. The highest BCUT2D eigenvalue weighted by Crippen LogP contribution is 2.42. The Hall–Kier alpha value is -7.37. The van der Waals surface area contributed by atoms with Crippen LogP contribution in [0.15, 0.2) is 106 Å². The van der Waals surface area contributed by atoms with E-state index < -0.39 is 0 Å². The number of nitrogens with zero attached hydrogens (tertiary/aromatic N) is 3. The standard InChI is InChI=1S/C22H32N8O3.C19H25N5O2/c23-19(24)9-4-12-33-20-16(6-3-8-18(20)32-14-11-30-22(27)28)15-5-1-2-7-17(15)31-13-10-29-21(25)26;20-18(21)8-3-10-25-16-6-1-4-14(12-16)15-5-2-7-17(13-15)26-11-9-24-19(22)23/h1-3,5-8H,4,9-14H2,(H3,23,24)(H4,25,26,29)(H4,27,28,30);1-2,4-7,12-13H,3,8-11H2,(H3,20,21)(H4,22,23,24). The van der Waals surface area contributed by atoms with Crippen molar-refractivity contribution < 1.29 is 23.7 Å². The molecule has 4 rings (SSSR count). The second-order valence-electron chi connectivity index (χ2n) is 12.6. The molecule has 0 atom stereocenters. The molecule has 4 aromatic rings. The first-order valence-electron chi connectivity index (χ1n) is 18.8. The Morgan fingerprint density at radius 2 is 0.864 bits per heavy atom. The van der Waals surface area contributed by atoms with Gasteiger partial charge in [0.15, 0.2) is 29.4 Å². The van der Waals surface area contributed by atoms with E-state index in [1.165, 1.54) is 0 Å². The van der Waals surface area contributed by atoms with Gasteiger partial charge in [-0.15, -0.1) is 0 Å². The number of amidine groups is 2. The number of benzene rings is 4. The Balaban J connectivity index is 0.000000324. The first kappa shape index (κ1) is 46.0. The number of guanidine groups is 3. The predicted molar refractivity (Wildman–Crippen MR) is 236 cm³/mol. The van der Waals surface area contributed by atoms with Crippen LogP contribution in [-0.2, 0) is 0 Å². The van der Waals surface area contributed by atoms with Crippen LogP contribution in [0.4, 0.5) is 0 Å². The quantitative estimate of drug-likeness (QED) is 0.0277. The minimum absolute atomic E-state index is 0.000130. The summed E-state index contributed by atoms with van der Waals surface area (Å²) < 4.78 is 29.3. The molecule has 0 heterocycles. The Morgan fingerprint density at radius 1 is 0.441 bits per heavy atom. The van der Waals surface area contributed by atoms with Gasteiger partial charge < -0.3 is 69.6 Å². The fourth-order valence-corrected chi connectivity index (χ4v) is 5.22. The number of nitrogens with one attached hydrogen (secondary N) is 2. The molecule has 0 saturated carbocycles. The van der Waals surface area contributed by atoms with Gasteiger partial charge in [-0.1, -0.05) is 54.6 Å².